The van der Waals surface area contributed by atoms with Crippen LogP contribution in [0.15, 0.2) is 24.3 Å². The number of aliphatic hydroxyl groups is 3. The number of phenols is 1. The standard InChI is InChI=1S/C24H37N5O10/c1-11(2)18(25)22(36)29-19(12(3)32)23(37)26-15(8-13-4-6-14(33)7-5-13)20(34)27-16(9-30)21(35)28-17(10-31)24(38)39/h4-7,11-12,15-19,30-33H,8-10,25H2,1-3H3,(H,26,37)(H,27,34)(H,28,35)(H,29,36)(H,38,39)/t12-,15+,16+,17+,18+,19+/m1/s1. The number of hydrogen-bond acceptors (Lipinski definition) is 10. The van der Waals surface area contributed by atoms with Gasteiger partial charge in [-0.05, 0) is 30.5 Å². The van der Waals surface area contributed by atoms with E-state index in [4.69, 9.17) is 15.9 Å². The Kier molecular flexibility index (Phi) is 13.3. The lowest BCUT2D eigenvalue weighted by Crippen LogP contribution is -2.61. The summed E-state index contributed by atoms with van der Waals surface area (Å²) in [5.41, 5.74) is 6.27. The van der Waals surface area contributed by atoms with Gasteiger partial charge in [0.15, 0.2) is 0 Å². The van der Waals surface area contributed by atoms with Crippen LogP contribution in [0.5, 0.6) is 5.75 Å². The van der Waals surface area contributed by atoms with Crippen molar-refractivity contribution in [2.75, 3.05) is 13.2 Å². The molecule has 0 aliphatic heterocycles. The number of aliphatic hydroxyl groups excluding tert-OH is 3. The number of benzene rings is 1. The van der Waals surface area contributed by atoms with Gasteiger partial charge >= 0.3 is 5.97 Å². The Morgan fingerprint density at radius 2 is 1.26 bits per heavy atom. The van der Waals surface area contributed by atoms with E-state index in [-0.39, 0.29) is 18.1 Å². The Morgan fingerprint density at radius 3 is 1.72 bits per heavy atom. The van der Waals surface area contributed by atoms with Gasteiger partial charge in [0.05, 0.1) is 25.4 Å². The van der Waals surface area contributed by atoms with Crippen molar-refractivity contribution < 1.29 is 49.5 Å². The molecule has 0 unspecified atom stereocenters. The molecule has 1 aromatic rings. The van der Waals surface area contributed by atoms with Crippen LogP contribution in [0, 0.1) is 5.92 Å². The highest BCUT2D eigenvalue weighted by molar-refractivity contribution is 5.95. The molecule has 0 heterocycles. The molecule has 0 saturated carbocycles. The maximum Gasteiger partial charge on any atom is 0.328 e. The van der Waals surface area contributed by atoms with Gasteiger partial charge in [-0.2, -0.15) is 0 Å². The zero-order chi connectivity index (χ0) is 29.9. The smallest absolute Gasteiger partial charge is 0.328 e. The van der Waals surface area contributed by atoms with Gasteiger partial charge in [-0.3, -0.25) is 19.2 Å². The van der Waals surface area contributed by atoms with Crippen molar-refractivity contribution in [3.05, 3.63) is 29.8 Å². The second-order valence-corrected chi connectivity index (χ2v) is 9.25. The summed E-state index contributed by atoms with van der Waals surface area (Å²) in [7, 11) is 0. The lowest BCUT2D eigenvalue weighted by molar-refractivity contribution is -0.143. The number of hydrogen-bond donors (Lipinski definition) is 10. The van der Waals surface area contributed by atoms with E-state index < -0.39 is 79.1 Å². The third-order valence-corrected chi connectivity index (χ3v) is 5.71. The first-order valence-electron chi connectivity index (χ1n) is 12.1. The minimum atomic E-state index is -1.69. The van der Waals surface area contributed by atoms with Crippen LogP contribution >= 0.6 is 0 Å². The molecule has 0 spiro atoms. The SMILES string of the molecule is CC(C)[C@H](N)C(=O)N[C@H](C(=O)N[C@@H](Cc1ccc(O)cc1)C(=O)N[C@@H](CO)C(=O)N[C@@H](CO)C(=O)O)[C@@H](C)O. The molecule has 0 aliphatic rings. The summed E-state index contributed by atoms with van der Waals surface area (Å²) in [5.74, 6) is -5.63. The van der Waals surface area contributed by atoms with Crippen LogP contribution in [0.25, 0.3) is 0 Å². The van der Waals surface area contributed by atoms with Gasteiger partial charge in [-0.25, -0.2) is 4.79 Å². The second-order valence-electron chi connectivity index (χ2n) is 9.25. The maximum absolute atomic E-state index is 13.1. The summed E-state index contributed by atoms with van der Waals surface area (Å²) < 4.78 is 0. The second kappa shape index (κ2) is 15.6. The molecule has 1 rings (SSSR count). The first-order chi connectivity index (χ1) is 18.2. The molecular weight excluding hydrogens is 518 g/mol. The summed E-state index contributed by atoms with van der Waals surface area (Å²) in [6.45, 7) is 2.72. The molecule has 15 heteroatoms. The van der Waals surface area contributed by atoms with Crippen LogP contribution in [-0.4, -0.2) is 105 Å². The van der Waals surface area contributed by atoms with Crippen molar-refractivity contribution in [1.29, 1.82) is 0 Å². The molecule has 39 heavy (non-hydrogen) atoms. The molecule has 6 atom stereocenters. The molecule has 4 amide bonds. The van der Waals surface area contributed by atoms with Crippen LogP contribution in [0.4, 0.5) is 0 Å². The Bertz CT molecular complexity index is 1000. The van der Waals surface area contributed by atoms with Crippen molar-refractivity contribution in [3.63, 3.8) is 0 Å². The van der Waals surface area contributed by atoms with Crippen molar-refractivity contribution in [2.45, 2.75) is 63.5 Å². The maximum atomic E-state index is 13.1. The Labute approximate surface area is 224 Å². The number of aliphatic carboxylic acids is 1. The van der Waals surface area contributed by atoms with Crippen LogP contribution in [0.1, 0.15) is 26.3 Å². The van der Waals surface area contributed by atoms with Crippen molar-refractivity contribution in [1.82, 2.24) is 21.3 Å². The number of carboxylic acid groups (broad SMARTS) is 1. The lowest BCUT2D eigenvalue weighted by Gasteiger charge is -2.27. The summed E-state index contributed by atoms with van der Waals surface area (Å²) in [4.78, 5) is 62.1. The number of carbonyl (C=O) groups is 5. The molecule has 0 fully saturated rings. The molecule has 1 aromatic carbocycles. The van der Waals surface area contributed by atoms with E-state index in [2.05, 4.69) is 16.0 Å². The number of carbonyl (C=O) groups excluding carboxylic acids is 4. The zero-order valence-corrected chi connectivity index (χ0v) is 21.8. The topological polar surface area (TPSA) is 261 Å². The molecule has 15 nitrogen and oxygen atoms in total. The summed E-state index contributed by atoms with van der Waals surface area (Å²) in [6.07, 6.45) is -1.58. The largest absolute Gasteiger partial charge is 0.508 e. The average molecular weight is 556 g/mol. The fourth-order valence-electron chi connectivity index (χ4n) is 3.22. The first-order valence-corrected chi connectivity index (χ1v) is 12.1. The van der Waals surface area contributed by atoms with Gasteiger partial charge < -0.3 is 52.5 Å². The van der Waals surface area contributed by atoms with Gasteiger partial charge in [0.2, 0.25) is 23.6 Å². The molecule has 218 valence electrons. The normalized spacial score (nSPS) is 15.7. The number of nitrogens with two attached hydrogens (primary N) is 1. The molecule has 0 bridgehead atoms. The highest BCUT2D eigenvalue weighted by Crippen LogP contribution is 2.12. The van der Waals surface area contributed by atoms with E-state index in [9.17, 15) is 39.3 Å². The zero-order valence-electron chi connectivity index (χ0n) is 21.8. The van der Waals surface area contributed by atoms with Gasteiger partial charge in [0.25, 0.3) is 0 Å². The number of nitrogens with one attached hydrogen (secondary N) is 4. The molecular formula is C24H37N5O10. The van der Waals surface area contributed by atoms with E-state index in [1.807, 2.05) is 5.32 Å². The molecule has 0 saturated heterocycles. The van der Waals surface area contributed by atoms with Crippen molar-refractivity contribution in [3.8, 4) is 5.75 Å². The first kappa shape index (κ1) is 33.2. The van der Waals surface area contributed by atoms with Crippen LogP contribution in [0.3, 0.4) is 0 Å². The molecule has 0 aliphatic carbocycles. The van der Waals surface area contributed by atoms with E-state index in [0.29, 0.717) is 5.56 Å². The minimum Gasteiger partial charge on any atom is -0.508 e. The number of amides is 4. The summed E-state index contributed by atoms with van der Waals surface area (Å²) >= 11 is 0. The quantitative estimate of drug-likeness (QED) is 0.101. The minimum absolute atomic E-state index is 0.0592. The Morgan fingerprint density at radius 1 is 0.769 bits per heavy atom. The van der Waals surface area contributed by atoms with Crippen LogP contribution < -0.4 is 27.0 Å². The fourth-order valence-corrected chi connectivity index (χ4v) is 3.22. The van der Waals surface area contributed by atoms with Crippen molar-refractivity contribution >= 4 is 29.6 Å². The van der Waals surface area contributed by atoms with Crippen molar-refractivity contribution in [2.24, 2.45) is 11.7 Å². The number of phenolic OH excluding ortho intramolecular Hbond substituents is 1. The molecule has 0 aromatic heterocycles. The Hall–Kier alpha value is -3.79. The highest BCUT2D eigenvalue weighted by Gasteiger charge is 2.33. The van der Waals surface area contributed by atoms with E-state index in [1.54, 1.807) is 13.8 Å². The third-order valence-electron chi connectivity index (χ3n) is 5.71. The van der Waals surface area contributed by atoms with E-state index >= 15 is 0 Å². The van der Waals surface area contributed by atoms with Gasteiger partial charge in [0.1, 0.15) is 29.9 Å². The highest BCUT2D eigenvalue weighted by atomic mass is 16.4. The van der Waals surface area contributed by atoms with Gasteiger partial charge in [-0.1, -0.05) is 26.0 Å². The number of rotatable bonds is 15. The lowest BCUT2D eigenvalue weighted by atomic mass is 10.0. The van der Waals surface area contributed by atoms with Gasteiger partial charge in [0, 0.05) is 6.42 Å². The monoisotopic (exact) mass is 555 g/mol. The van der Waals surface area contributed by atoms with E-state index in [1.165, 1.54) is 31.2 Å². The van der Waals surface area contributed by atoms with Crippen LogP contribution in [0.2, 0.25) is 0 Å². The van der Waals surface area contributed by atoms with Gasteiger partial charge in [-0.15, -0.1) is 0 Å². The number of carboxylic acids is 1. The summed E-state index contributed by atoms with van der Waals surface area (Å²) in [5, 5.41) is 56.3. The molecule has 11 N–H and O–H groups in total. The molecule has 0 radical (unpaired) electrons. The average Bonchev–Trinajstić information content (AvgIpc) is 2.88. The van der Waals surface area contributed by atoms with E-state index in [0.717, 1.165) is 0 Å². The predicted octanol–water partition coefficient (Wildman–Crippen LogP) is -3.69. The number of aromatic hydroxyl groups is 1. The Balaban J connectivity index is 3.17. The summed E-state index contributed by atoms with van der Waals surface area (Å²) in [6, 6.07) is -1.65. The third kappa shape index (κ3) is 10.5. The van der Waals surface area contributed by atoms with Crippen LogP contribution in [-0.2, 0) is 30.4 Å². The fraction of sp³-hybridized carbons (Fsp3) is 0.542. The predicted molar refractivity (Wildman–Crippen MR) is 136 cm³/mol.